The zero-order chi connectivity index (χ0) is 13.4. The lowest BCUT2D eigenvalue weighted by Crippen LogP contribution is -2.23. The molecule has 0 aliphatic rings. The van der Waals surface area contributed by atoms with Gasteiger partial charge in [-0.05, 0) is 38.9 Å². The molecule has 1 aromatic rings. The molecular weight excluding hydrogens is 226 g/mol. The van der Waals surface area contributed by atoms with Crippen molar-refractivity contribution in [3.63, 3.8) is 0 Å². The predicted octanol–water partition coefficient (Wildman–Crippen LogP) is 1.49. The van der Waals surface area contributed by atoms with Gasteiger partial charge in [0.15, 0.2) is 0 Å². The molecule has 1 aromatic heterocycles. The van der Waals surface area contributed by atoms with Gasteiger partial charge in [0.1, 0.15) is 12.2 Å². The van der Waals surface area contributed by atoms with Crippen LogP contribution in [-0.4, -0.2) is 39.8 Å². The first-order chi connectivity index (χ1) is 8.63. The van der Waals surface area contributed by atoms with Crippen molar-refractivity contribution in [3.8, 4) is 0 Å². The maximum Gasteiger partial charge on any atom is 0.141 e. The second kappa shape index (κ2) is 8.21. The predicted molar refractivity (Wildman–Crippen MR) is 74.1 cm³/mol. The Morgan fingerprint density at radius 2 is 2.11 bits per heavy atom. The molecule has 1 heterocycles. The standard InChI is InChI=1S/C13H27N5/c1-12(2)9-18-13(15-11-16-18)10-17(3)8-6-4-5-7-14/h11-12H,4-10,14H2,1-3H3. The molecule has 5 nitrogen and oxygen atoms in total. The van der Waals surface area contributed by atoms with E-state index in [1.807, 2.05) is 4.68 Å². The molecule has 0 unspecified atom stereocenters. The summed E-state index contributed by atoms with van der Waals surface area (Å²) in [6.07, 6.45) is 5.18. The molecule has 0 bridgehead atoms. The van der Waals surface area contributed by atoms with Crippen LogP contribution in [0.5, 0.6) is 0 Å². The highest BCUT2D eigenvalue weighted by Gasteiger charge is 2.08. The zero-order valence-corrected chi connectivity index (χ0v) is 12.0. The molecule has 0 aliphatic carbocycles. The van der Waals surface area contributed by atoms with E-state index in [4.69, 9.17) is 5.73 Å². The molecule has 1 rings (SSSR count). The lowest BCUT2D eigenvalue weighted by atomic mass is 10.2. The van der Waals surface area contributed by atoms with E-state index < -0.39 is 0 Å². The van der Waals surface area contributed by atoms with E-state index in [0.29, 0.717) is 5.92 Å². The smallest absolute Gasteiger partial charge is 0.141 e. The Kier molecular flexibility index (Phi) is 6.90. The van der Waals surface area contributed by atoms with Crippen molar-refractivity contribution < 1.29 is 0 Å². The number of hydrogen-bond donors (Lipinski definition) is 1. The topological polar surface area (TPSA) is 60.0 Å². The van der Waals surface area contributed by atoms with Crippen LogP contribution >= 0.6 is 0 Å². The minimum Gasteiger partial charge on any atom is -0.330 e. The molecule has 0 atom stereocenters. The van der Waals surface area contributed by atoms with E-state index in [9.17, 15) is 0 Å². The minimum absolute atomic E-state index is 0.598. The summed E-state index contributed by atoms with van der Waals surface area (Å²) in [5.41, 5.74) is 5.49. The highest BCUT2D eigenvalue weighted by Crippen LogP contribution is 2.05. The van der Waals surface area contributed by atoms with Crippen LogP contribution in [0.3, 0.4) is 0 Å². The lowest BCUT2D eigenvalue weighted by molar-refractivity contribution is 0.298. The van der Waals surface area contributed by atoms with E-state index in [0.717, 1.165) is 38.4 Å². The third kappa shape index (κ3) is 5.60. The van der Waals surface area contributed by atoms with Crippen molar-refractivity contribution in [3.05, 3.63) is 12.2 Å². The Hall–Kier alpha value is -0.940. The summed E-state index contributed by atoms with van der Waals surface area (Å²) >= 11 is 0. The van der Waals surface area contributed by atoms with Gasteiger partial charge in [-0.1, -0.05) is 20.3 Å². The van der Waals surface area contributed by atoms with E-state index in [-0.39, 0.29) is 0 Å². The van der Waals surface area contributed by atoms with Gasteiger partial charge in [0.05, 0.1) is 6.54 Å². The molecule has 2 N–H and O–H groups in total. The average molecular weight is 253 g/mol. The molecule has 104 valence electrons. The minimum atomic E-state index is 0.598. The van der Waals surface area contributed by atoms with E-state index >= 15 is 0 Å². The first-order valence-electron chi connectivity index (χ1n) is 6.88. The number of rotatable bonds is 9. The van der Waals surface area contributed by atoms with Crippen LogP contribution < -0.4 is 5.73 Å². The number of unbranched alkanes of at least 4 members (excludes halogenated alkanes) is 2. The lowest BCUT2D eigenvalue weighted by Gasteiger charge is -2.17. The van der Waals surface area contributed by atoms with Crippen LogP contribution in [0.15, 0.2) is 6.33 Å². The summed E-state index contributed by atoms with van der Waals surface area (Å²) in [6, 6.07) is 0. The second-order valence-electron chi connectivity index (χ2n) is 5.34. The van der Waals surface area contributed by atoms with Crippen molar-refractivity contribution in [1.29, 1.82) is 0 Å². The quantitative estimate of drug-likeness (QED) is 0.677. The highest BCUT2D eigenvalue weighted by atomic mass is 15.3. The van der Waals surface area contributed by atoms with Gasteiger partial charge in [0, 0.05) is 6.54 Å². The van der Waals surface area contributed by atoms with Crippen LogP contribution in [0.25, 0.3) is 0 Å². The van der Waals surface area contributed by atoms with Gasteiger partial charge in [-0.15, -0.1) is 0 Å². The molecule has 0 spiro atoms. The fraction of sp³-hybridized carbons (Fsp3) is 0.846. The van der Waals surface area contributed by atoms with Crippen LogP contribution in [-0.2, 0) is 13.1 Å². The van der Waals surface area contributed by atoms with Gasteiger partial charge in [-0.3, -0.25) is 4.90 Å². The third-order valence-corrected chi connectivity index (χ3v) is 2.89. The first-order valence-corrected chi connectivity index (χ1v) is 6.88. The fourth-order valence-corrected chi connectivity index (χ4v) is 1.93. The summed E-state index contributed by atoms with van der Waals surface area (Å²) in [5.74, 6) is 1.66. The van der Waals surface area contributed by atoms with Crippen LogP contribution in [0.1, 0.15) is 38.9 Å². The second-order valence-corrected chi connectivity index (χ2v) is 5.34. The summed E-state index contributed by atoms with van der Waals surface area (Å²) in [7, 11) is 2.14. The van der Waals surface area contributed by atoms with Crippen LogP contribution in [0, 0.1) is 5.92 Å². The Labute approximate surface area is 110 Å². The monoisotopic (exact) mass is 253 g/mol. The van der Waals surface area contributed by atoms with Gasteiger partial charge in [0.2, 0.25) is 0 Å². The zero-order valence-electron chi connectivity index (χ0n) is 12.0. The number of aromatic nitrogens is 3. The van der Waals surface area contributed by atoms with E-state index in [2.05, 4.69) is 35.9 Å². The van der Waals surface area contributed by atoms with E-state index in [1.165, 1.54) is 12.8 Å². The van der Waals surface area contributed by atoms with Crippen molar-refractivity contribution in [2.45, 2.75) is 46.2 Å². The molecule has 0 fully saturated rings. The molecule has 0 saturated carbocycles. The van der Waals surface area contributed by atoms with Crippen molar-refractivity contribution in [2.24, 2.45) is 11.7 Å². The van der Waals surface area contributed by atoms with Crippen molar-refractivity contribution >= 4 is 0 Å². The third-order valence-electron chi connectivity index (χ3n) is 2.89. The molecule has 0 aliphatic heterocycles. The normalized spacial score (nSPS) is 11.7. The number of nitrogens with zero attached hydrogens (tertiary/aromatic N) is 4. The molecule has 0 aromatic carbocycles. The maximum atomic E-state index is 5.49. The summed E-state index contributed by atoms with van der Waals surface area (Å²) in [4.78, 5) is 6.65. The molecular formula is C13H27N5. The average Bonchev–Trinajstić information content (AvgIpc) is 2.71. The summed E-state index contributed by atoms with van der Waals surface area (Å²) in [6.45, 7) is 8.09. The van der Waals surface area contributed by atoms with Gasteiger partial charge < -0.3 is 5.73 Å². The largest absolute Gasteiger partial charge is 0.330 e. The summed E-state index contributed by atoms with van der Waals surface area (Å²) in [5, 5.41) is 4.28. The Balaban J connectivity index is 2.34. The van der Waals surface area contributed by atoms with Gasteiger partial charge >= 0.3 is 0 Å². The van der Waals surface area contributed by atoms with Crippen molar-refractivity contribution in [2.75, 3.05) is 20.1 Å². The van der Waals surface area contributed by atoms with Crippen molar-refractivity contribution in [1.82, 2.24) is 19.7 Å². The SMILES string of the molecule is CC(C)Cn1ncnc1CN(C)CCCCCN. The van der Waals surface area contributed by atoms with Gasteiger partial charge in [-0.2, -0.15) is 5.10 Å². The molecule has 18 heavy (non-hydrogen) atoms. The first kappa shape index (κ1) is 15.1. The Bertz CT molecular complexity index is 321. The number of nitrogens with two attached hydrogens (primary N) is 1. The highest BCUT2D eigenvalue weighted by molar-refractivity contribution is 4.84. The molecule has 5 heteroatoms. The van der Waals surface area contributed by atoms with Gasteiger partial charge in [-0.25, -0.2) is 9.67 Å². The molecule has 0 radical (unpaired) electrons. The Morgan fingerprint density at radius 3 is 2.78 bits per heavy atom. The summed E-state index contributed by atoms with van der Waals surface area (Å²) < 4.78 is 2.01. The molecule has 0 saturated heterocycles. The number of hydrogen-bond acceptors (Lipinski definition) is 4. The van der Waals surface area contributed by atoms with Gasteiger partial charge in [0.25, 0.3) is 0 Å². The van der Waals surface area contributed by atoms with E-state index in [1.54, 1.807) is 6.33 Å². The fourth-order valence-electron chi connectivity index (χ4n) is 1.93. The maximum absolute atomic E-state index is 5.49. The Morgan fingerprint density at radius 1 is 1.33 bits per heavy atom. The molecule has 0 amide bonds. The van der Waals surface area contributed by atoms with Crippen LogP contribution in [0.2, 0.25) is 0 Å². The van der Waals surface area contributed by atoms with Crippen LogP contribution in [0.4, 0.5) is 0 Å².